The Kier molecular flexibility index (Phi) is 3.62. The minimum Gasteiger partial charge on any atom is -0.355 e. The predicted molar refractivity (Wildman–Crippen MR) is 60.5 cm³/mol. The molecule has 3 heteroatoms. The summed E-state index contributed by atoms with van der Waals surface area (Å²) in [6.45, 7) is 3.57. The zero-order chi connectivity index (χ0) is 10.7. The molecule has 1 unspecified atom stereocenters. The monoisotopic (exact) mass is 210 g/mol. The Morgan fingerprint density at radius 1 is 1.33 bits per heavy atom. The van der Waals surface area contributed by atoms with Crippen molar-refractivity contribution >= 4 is 5.91 Å². The van der Waals surface area contributed by atoms with Crippen molar-refractivity contribution in [2.75, 3.05) is 13.1 Å². The van der Waals surface area contributed by atoms with Crippen LogP contribution in [0.3, 0.4) is 0 Å². The second kappa shape index (κ2) is 4.97. The number of nitrogens with one attached hydrogen (secondary N) is 2. The van der Waals surface area contributed by atoms with E-state index in [4.69, 9.17) is 0 Å². The van der Waals surface area contributed by atoms with Crippen LogP contribution in [-0.2, 0) is 4.79 Å². The summed E-state index contributed by atoms with van der Waals surface area (Å²) < 4.78 is 0. The fourth-order valence-electron chi connectivity index (χ4n) is 2.00. The van der Waals surface area contributed by atoms with Crippen LogP contribution >= 0.6 is 0 Å². The van der Waals surface area contributed by atoms with E-state index in [0.29, 0.717) is 12.6 Å². The molecule has 15 heavy (non-hydrogen) atoms. The summed E-state index contributed by atoms with van der Waals surface area (Å²) in [6.07, 6.45) is 6.62. The topological polar surface area (TPSA) is 41.1 Å². The first-order valence-corrected chi connectivity index (χ1v) is 6.26. The van der Waals surface area contributed by atoms with Gasteiger partial charge in [-0.1, -0.05) is 6.42 Å². The zero-order valence-electron chi connectivity index (χ0n) is 9.59. The van der Waals surface area contributed by atoms with E-state index in [2.05, 4.69) is 17.6 Å². The lowest BCUT2D eigenvalue weighted by Gasteiger charge is -2.31. The van der Waals surface area contributed by atoms with Crippen molar-refractivity contribution in [1.29, 1.82) is 0 Å². The summed E-state index contributed by atoms with van der Waals surface area (Å²) in [5.41, 5.74) is 0. The molecule has 2 aliphatic rings. The fraction of sp³-hybridized carbons (Fsp3) is 0.917. The maximum Gasteiger partial charge on any atom is 0.233 e. The molecule has 0 aromatic rings. The Morgan fingerprint density at radius 3 is 2.60 bits per heavy atom. The van der Waals surface area contributed by atoms with Gasteiger partial charge in [0.2, 0.25) is 5.91 Å². The number of hydrogen-bond donors (Lipinski definition) is 2. The Bertz CT molecular complexity index is 222. The molecule has 3 nitrogen and oxygen atoms in total. The lowest BCUT2D eigenvalue weighted by Crippen LogP contribution is -2.43. The second-order valence-electron chi connectivity index (χ2n) is 5.11. The largest absolute Gasteiger partial charge is 0.355 e. The van der Waals surface area contributed by atoms with E-state index < -0.39 is 0 Å². The highest BCUT2D eigenvalue weighted by Gasteiger charge is 2.24. The van der Waals surface area contributed by atoms with Crippen molar-refractivity contribution in [1.82, 2.24) is 10.6 Å². The minimum absolute atomic E-state index is 0.160. The smallest absolute Gasteiger partial charge is 0.233 e. The molecular formula is C12H22N2O. The molecule has 2 saturated carbocycles. The van der Waals surface area contributed by atoms with E-state index in [-0.39, 0.29) is 5.91 Å². The number of carbonyl (C=O) groups excluding carboxylic acids is 1. The summed E-state index contributed by atoms with van der Waals surface area (Å²) >= 11 is 0. The number of hydrogen-bond acceptors (Lipinski definition) is 2. The third-order valence-corrected chi connectivity index (χ3v) is 3.73. The minimum atomic E-state index is 0.160. The van der Waals surface area contributed by atoms with Gasteiger partial charge in [-0.15, -0.1) is 0 Å². The normalized spacial score (nSPS) is 23.3. The summed E-state index contributed by atoms with van der Waals surface area (Å²) in [5.74, 6) is 1.74. The van der Waals surface area contributed by atoms with Gasteiger partial charge in [-0.05, 0) is 44.4 Å². The first-order chi connectivity index (χ1) is 7.25. The third kappa shape index (κ3) is 3.49. The molecule has 0 aliphatic heterocycles. The summed E-state index contributed by atoms with van der Waals surface area (Å²) in [7, 11) is 0. The van der Waals surface area contributed by atoms with Gasteiger partial charge in [0.25, 0.3) is 0 Å². The Balaban J connectivity index is 1.52. The van der Waals surface area contributed by atoms with E-state index in [0.717, 1.165) is 18.4 Å². The SMILES string of the molecule is CC(NCC(=O)NCC1CC1)C1CCC1. The molecule has 0 spiro atoms. The van der Waals surface area contributed by atoms with Crippen molar-refractivity contribution in [3.63, 3.8) is 0 Å². The van der Waals surface area contributed by atoms with Crippen LogP contribution in [0.5, 0.6) is 0 Å². The zero-order valence-corrected chi connectivity index (χ0v) is 9.59. The van der Waals surface area contributed by atoms with Gasteiger partial charge in [0.15, 0.2) is 0 Å². The molecule has 0 bridgehead atoms. The van der Waals surface area contributed by atoms with Gasteiger partial charge in [0.1, 0.15) is 0 Å². The molecular weight excluding hydrogens is 188 g/mol. The average Bonchev–Trinajstić information content (AvgIpc) is 2.92. The molecule has 0 aromatic carbocycles. The van der Waals surface area contributed by atoms with E-state index in [1.54, 1.807) is 0 Å². The number of carbonyl (C=O) groups is 1. The van der Waals surface area contributed by atoms with Gasteiger partial charge in [0.05, 0.1) is 6.54 Å². The Hall–Kier alpha value is -0.570. The highest BCUT2D eigenvalue weighted by molar-refractivity contribution is 5.78. The van der Waals surface area contributed by atoms with Crippen LogP contribution in [-0.4, -0.2) is 25.0 Å². The van der Waals surface area contributed by atoms with Crippen LogP contribution in [0.4, 0.5) is 0 Å². The fourth-order valence-corrected chi connectivity index (χ4v) is 2.00. The van der Waals surface area contributed by atoms with Gasteiger partial charge in [-0.3, -0.25) is 4.79 Å². The van der Waals surface area contributed by atoms with Gasteiger partial charge < -0.3 is 10.6 Å². The van der Waals surface area contributed by atoms with Crippen molar-refractivity contribution in [2.24, 2.45) is 11.8 Å². The second-order valence-corrected chi connectivity index (χ2v) is 5.11. The van der Waals surface area contributed by atoms with E-state index in [1.165, 1.54) is 32.1 Å². The van der Waals surface area contributed by atoms with E-state index in [9.17, 15) is 4.79 Å². The molecule has 2 N–H and O–H groups in total. The van der Waals surface area contributed by atoms with Gasteiger partial charge in [-0.2, -0.15) is 0 Å². The standard InChI is InChI=1S/C12H22N2O/c1-9(11-3-2-4-11)13-8-12(15)14-7-10-5-6-10/h9-11,13H,2-8H2,1H3,(H,14,15). The molecule has 1 amide bonds. The molecule has 0 heterocycles. The van der Waals surface area contributed by atoms with Gasteiger partial charge in [0, 0.05) is 12.6 Å². The van der Waals surface area contributed by atoms with E-state index in [1.807, 2.05) is 0 Å². The third-order valence-electron chi connectivity index (χ3n) is 3.73. The Labute approximate surface area is 92.0 Å². The van der Waals surface area contributed by atoms with Crippen LogP contribution in [0.15, 0.2) is 0 Å². The molecule has 0 aromatic heterocycles. The maximum atomic E-state index is 11.4. The first kappa shape index (κ1) is 10.9. The molecule has 0 radical (unpaired) electrons. The molecule has 2 fully saturated rings. The Morgan fingerprint density at radius 2 is 2.07 bits per heavy atom. The van der Waals surface area contributed by atoms with Crippen LogP contribution < -0.4 is 10.6 Å². The lowest BCUT2D eigenvalue weighted by atomic mass is 9.80. The van der Waals surface area contributed by atoms with Crippen LogP contribution in [0.2, 0.25) is 0 Å². The first-order valence-electron chi connectivity index (χ1n) is 6.26. The molecule has 2 rings (SSSR count). The van der Waals surface area contributed by atoms with Crippen molar-refractivity contribution in [2.45, 2.75) is 45.1 Å². The quantitative estimate of drug-likeness (QED) is 0.693. The molecule has 2 aliphatic carbocycles. The van der Waals surface area contributed by atoms with Crippen molar-refractivity contribution < 1.29 is 4.79 Å². The average molecular weight is 210 g/mol. The lowest BCUT2D eigenvalue weighted by molar-refractivity contribution is -0.120. The van der Waals surface area contributed by atoms with Gasteiger partial charge >= 0.3 is 0 Å². The predicted octanol–water partition coefficient (Wildman–Crippen LogP) is 1.29. The summed E-state index contributed by atoms with van der Waals surface area (Å²) in [6, 6.07) is 0.505. The van der Waals surface area contributed by atoms with Crippen LogP contribution in [0.25, 0.3) is 0 Å². The molecule has 0 saturated heterocycles. The van der Waals surface area contributed by atoms with Gasteiger partial charge in [-0.25, -0.2) is 0 Å². The molecule has 86 valence electrons. The highest BCUT2D eigenvalue weighted by Crippen LogP contribution is 2.29. The van der Waals surface area contributed by atoms with Crippen LogP contribution in [0.1, 0.15) is 39.0 Å². The number of rotatable bonds is 6. The number of amides is 1. The van der Waals surface area contributed by atoms with Crippen LogP contribution in [0, 0.1) is 11.8 Å². The summed E-state index contributed by atoms with van der Waals surface area (Å²) in [4.78, 5) is 11.4. The maximum absolute atomic E-state index is 11.4. The van der Waals surface area contributed by atoms with E-state index >= 15 is 0 Å². The molecule has 1 atom stereocenters. The highest BCUT2D eigenvalue weighted by atomic mass is 16.1. The van der Waals surface area contributed by atoms with Crippen molar-refractivity contribution in [3.05, 3.63) is 0 Å². The van der Waals surface area contributed by atoms with Crippen molar-refractivity contribution in [3.8, 4) is 0 Å². The summed E-state index contributed by atoms with van der Waals surface area (Å²) in [5, 5.41) is 6.29.